The monoisotopic (exact) mass is 216 g/mol. The Morgan fingerprint density at radius 2 is 2.43 bits per heavy atom. The first kappa shape index (κ1) is 9.83. The van der Waals surface area contributed by atoms with Crippen molar-refractivity contribution in [1.29, 1.82) is 0 Å². The highest BCUT2D eigenvalue weighted by Crippen LogP contribution is 2.28. The summed E-state index contributed by atoms with van der Waals surface area (Å²) in [5.41, 5.74) is -0.525. The van der Waals surface area contributed by atoms with E-state index in [1.807, 2.05) is 0 Å². The fraction of sp³-hybridized carbons (Fsp3) is 0.444. The fourth-order valence-corrected chi connectivity index (χ4v) is 1.70. The van der Waals surface area contributed by atoms with E-state index in [-0.39, 0.29) is 5.15 Å². The van der Waals surface area contributed by atoms with Crippen LogP contribution in [0.1, 0.15) is 12.0 Å². The van der Waals surface area contributed by atoms with Gasteiger partial charge >= 0.3 is 0 Å². The van der Waals surface area contributed by atoms with Gasteiger partial charge in [-0.15, -0.1) is 0 Å². The van der Waals surface area contributed by atoms with E-state index in [4.69, 9.17) is 11.6 Å². The molecule has 76 valence electrons. The first-order valence-corrected chi connectivity index (χ1v) is 4.74. The number of nitrogens with one attached hydrogen (secondary N) is 1. The molecule has 0 aromatic carbocycles. The van der Waals surface area contributed by atoms with Gasteiger partial charge in [-0.25, -0.2) is 9.37 Å². The predicted octanol–water partition coefficient (Wildman–Crippen LogP) is 1.05. The molecule has 0 amide bonds. The third-order valence-electron chi connectivity index (χ3n) is 2.47. The number of halogens is 2. The third kappa shape index (κ3) is 1.61. The zero-order chi connectivity index (χ0) is 10.2. The van der Waals surface area contributed by atoms with Gasteiger partial charge in [0.2, 0.25) is 0 Å². The molecule has 1 saturated heterocycles. The number of aromatic nitrogens is 1. The van der Waals surface area contributed by atoms with Crippen LogP contribution in [0, 0.1) is 5.82 Å². The van der Waals surface area contributed by atoms with E-state index in [9.17, 15) is 9.50 Å². The summed E-state index contributed by atoms with van der Waals surface area (Å²) in [6.07, 6.45) is 1.98. The van der Waals surface area contributed by atoms with Crippen molar-refractivity contribution in [2.75, 3.05) is 13.1 Å². The van der Waals surface area contributed by atoms with Crippen molar-refractivity contribution in [1.82, 2.24) is 10.3 Å². The Kier molecular flexibility index (Phi) is 2.43. The van der Waals surface area contributed by atoms with Crippen LogP contribution in [0.4, 0.5) is 4.39 Å². The van der Waals surface area contributed by atoms with Crippen molar-refractivity contribution in [3.8, 4) is 0 Å². The van der Waals surface area contributed by atoms with Crippen LogP contribution < -0.4 is 5.32 Å². The molecule has 1 aliphatic heterocycles. The van der Waals surface area contributed by atoms with E-state index in [1.165, 1.54) is 12.3 Å². The lowest BCUT2D eigenvalue weighted by Gasteiger charge is -2.21. The predicted molar refractivity (Wildman–Crippen MR) is 50.6 cm³/mol. The molecule has 3 nitrogen and oxygen atoms in total. The molecule has 1 aromatic heterocycles. The van der Waals surface area contributed by atoms with Gasteiger partial charge in [0.1, 0.15) is 5.60 Å². The first-order valence-electron chi connectivity index (χ1n) is 4.36. The summed E-state index contributed by atoms with van der Waals surface area (Å²) in [4.78, 5) is 3.67. The summed E-state index contributed by atoms with van der Waals surface area (Å²) in [5.74, 6) is -0.593. The summed E-state index contributed by atoms with van der Waals surface area (Å²) in [7, 11) is 0. The summed E-state index contributed by atoms with van der Waals surface area (Å²) < 4.78 is 13.1. The molecular weight excluding hydrogens is 207 g/mol. The van der Waals surface area contributed by atoms with Crippen molar-refractivity contribution in [3.05, 3.63) is 28.8 Å². The normalized spacial score (nSPS) is 26.8. The second-order valence-electron chi connectivity index (χ2n) is 3.45. The van der Waals surface area contributed by atoms with Gasteiger partial charge in [-0.1, -0.05) is 11.6 Å². The molecule has 0 aliphatic carbocycles. The Balaban J connectivity index is 2.36. The number of aliphatic hydroxyl groups is 1. The van der Waals surface area contributed by atoms with Crippen LogP contribution >= 0.6 is 11.6 Å². The van der Waals surface area contributed by atoms with Crippen LogP contribution in [-0.4, -0.2) is 23.2 Å². The van der Waals surface area contributed by atoms with Crippen LogP contribution in [-0.2, 0) is 5.60 Å². The molecule has 1 aliphatic rings. The maximum atomic E-state index is 13.1. The SMILES string of the molecule is OC1(c2cnc(Cl)c(F)c2)CCNC1. The number of hydrogen-bond acceptors (Lipinski definition) is 3. The number of pyridine rings is 1. The first-order chi connectivity index (χ1) is 6.62. The molecule has 1 atom stereocenters. The van der Waals surface area contributed by atoms with Gasteiger partial charge in [-0.2, -0.15) is 0 Å². The molecule has 0 spiro atoms. The van der Waals surface area contributed by atoms with Crippen LogP contribution in [0.2, 0.25) is 5.15 Å². The average Bonchev–Trinajstić information content (AvgIpc) is 2.58. The topological polar surface area (TPSA) is 45.2 Å². The molecule has 5 heteroatoms. The van der Waals surface area contributed by atoms with Gasteiger partial charge in [0, 0.05) is 18.3 Å². The van der Waals surface area contributed by atoms with Gasteiger partial charge in [0.25, 0.3) is 0 Å². The van der Waals surface area contributed by atoms with Gasteiger partial charge < -0.3 is 10.4 Å². The Labute approximate surface area is 85.9 Å². The van der Waals surface area contributed by atoms with E-state index in [0.717, 1.165) is 6.54 Å². The zero-order valence-corrected chi connectivity index (χ0v) is 8.18. The molecule has 0 radical (unpaired) electrons. The molecule has 0 saturated carbocycles. The maximum absolute atomic E-state index is 13.1. The number of hydrogen-bond donors (Lipinski definition) is 2. The Morgan fingerprint density at radius 3 is 3.00 bits per heavy atom. The summed E-state index contributed by atoms with van der Waals surface area (Å²) in [6.45, 7) is 1.15. The van der Waals surface area contributed by atoms with E-state index in [1.54, 1.807) is 0 Å². The lowest BCUT2D eigenvalue weighted by atomic mass is 9.95. The Morgan fingerprint density at radius 1 is 1.64 bits per heavy atom. The van der Waals surface area contributed by atoms with Crippen LogP contribution in [0.25, 0.3) is 0 Å². The quantitative estimate of drug-likeness (QED) is 0.690. The Hall–Kier alpha value is -0.710. The van der Waals surface area contributed by atoms with Crippen molar-refractivity contribution >= 4 is 11.6 Å². The number of β-amino-alcohol motifs (C(OH)–C–C–N with tert-alkyl or cyclic N) is 1. The van der Waals surface area contributed by atoms with Crippen molar-refractivity contribution in [2.24, 2.45) is 0 Å². The minimum Gasteiger partial charge on any atom is -0.384 e. The standard InChI is InChI=1S/C9H10ClFN2O/c10-8-7(11)3-6(4-13-8)9(14)1-2-12-5-9/h3-4,12,14H,1-2,5H2. The van der Waals surface area contributed by atoms with Gasteiger partial charge in [-0.05, 0) is 19.0 Å². The lowest BCUT2D eigenvalue weighted by Crippen LogP contribution is -2.28. The van der Waals surface area contributed by atoms with Crippen molar-refractivity contribution in [3.63, 3.8) is 0 Å². The smallest absolute Gasteiger partial charge is 0.164 e. The van der Waals surface area contributed by atoms with E-state index >= 15 is 0 Å². The number of nitrogens with zero attached hydrogens (tertiary/aromatic N) is 1. The fourth-order valence-electron chi connectivity index (χ4n) is 1.60. The zero-order valence-electron chi connectivity index (χ0n) is 7.43. The van der Waals surface area contributed by atoms with Crippen molar-refractivity contribution in [2.45, 2.75) is 12.0 Å². The van der Waals surface area contributed by atoms with E-state index in [0.29, 0.717) is 18.5 Å². The Bertz CT molecular complexity index is 353. The van der Waals surface area contributed by atoms with Crippen molar-refractivity contribution < 1.29 is 9.50 Å². The lowest BCUT2D eigenvalue weighted by molar-refractivity contribution is 0.0580. The van der Waals surface area contributed by atoms with E-state index < -0.39 is 11.4 Å². The maximum Gasteiger partial charge on any atom is 0.164 e. The highest BCUT2D eigenvalue weighted by atomic mass is 35.5. The molecule has 14 heavy (non-hydrogen) atoms. The minimum absolute atomic E-state index is 0.164. The molecular formula is C9H10ClFN2O. The van der Waals surface area contributed by atoms with Crippen LogP contribution in [0.3, 0.4) is 0 Å². The van der Waals surface area contributed by atoms with E-state index in [2.05, 4.69) is 10.3 Å². The highest BCUT2D eigenvalue weighted by Gasteiger charge is 2.33. The summed E-state index contributed by atoms with van der Waals surface area (Å²) in [6, 6.07) is 1.24. The summed E-state index contributed by atoms with van der Waals surface area (Å²) in [5, 5.41) is 12.9. The molecule has 1 aromatic rings. The largest absolute Gasteiger partial charge is 0.384 e. The molecule has 2 heterocycles. The molecule has 2 rings (SSSR count). The minimum atomic E-state index is -1.00. The van der Waals surface area contributed by atoms with Gasteiger partial charge in [0.05, 0.1) is 0 Å². The van der Waals surface area contributed by atoms with Crippen LogP contribution in [0.5, 0.6) is 0 Å². The second-order valence-corrected chi connectivity index (χ2v) is 3.81. The van der Waals surface area contributed by atoms with Gasteiger partial charge in [0.15, 0.2) is 11.0 Å². The molecule has 2 N–H and O–H groups in total. The highest BCUT2D eigenvalue weighted by molar-refractivity contribution is 6.29. The van der Waals surface area contributed by atoms with Gasteiger partial charge in [-0.3, -0.25) is 0 Å². The molecule has 1 fully saturated rings. The molecule has 1 unspecified atom stereocenters. The average molecular weight is 217 g/mol. The number of rotatable bonds is 1. The van der Waals surface area contributed by atoms with Crippen LogP contribution in [0.15, 0.2) is 12.3 Å². The second kappa shape index (κ2) is 3.46. The summed E-state index contributed by atoms with van der Waals surface area (Å²) >= 11 is 5.45. The molecule has 0 bridgehead atoms. The third-order valence-corrected chi connectivity index (χ3v) is 2.74.